The number of carbonyl (C=O) groups excluding carboxylic acids is 3. The van der Waals surface area contributed by atoms with Crippen LogP contribution < -0.4 is 15.5 Å². The number of hydrogen-bond acceptors (Lipinski definition) is 6. The average Bonchev–Trinajstić information content (AvgIpc) is 3.03. The summed E-state index contributed by atoms with van der Waals surface area (Å²) in [5.41, 5.74) is 0.458. The molecule has 0 atom stereocenters. The molecule has 1 spiro atoms. The van der Waals surface area contributed by atoms with E-state index in [1.807, 2.05) is 42.2 Å². The van der Waals surface area contributed by atoms with E-state index >= 15 is 0 Å². The summed E-state index contributed by atoms with van der Waals surface area (Å²) in [5.74, 6) is 0.147. The highest BCUT2D eigenvalue weighted by molar-refractivity contribution is 6.07. The monoisotopic (exact) mass is 422 g/mol. The predicted molar refractivity (Wildman–Crippen MR) is 114 cm³/mol. The van der Waals surface area contributed by atoms with Gasteiger partial charge in [0.2, 0.25) is 5.95 Å². The SMILES string of the molecule is CCCNC(=O)c1cnc(N2CCC3(CC2)NC(=O)N(Cc2ccccc2)C3=O)nc1. The van der Waals surface area contributed by atoms with Crippen LogP contribution in [0.4, 0.5) is 10.7 Å². The van der Waals surface area contributed by atoms with Crippen molar-refractivity contribution in [3.05, 3.63) is 53.9 Å². The van der Waals surface area contributed by atoms with Crippen LogP contribution in [-0.4, -0.2) is 57.9 Å². The van der Waals surface area contributed by atoms with Gasteiger partial charge in [-0.15, -0.1) is 0 Å². The number of amides is 4. The van der Waals surface area contributed by atoms with Crippen LogP contribution >= 0.6 is 0 Å². The van der Waals surface area contributed by atoms with Crippen molar-refractivity contribution in [2.45, 2.75) is 38.3 Å². The number of nitrogens with zero attached hydrogens (tertiary/aromatic N) is 4. The van der Waals surface area contributed by atoms with Gasteiger partial charge in [0, 0.05) is 32.0 Å². The normalized spacial score (nSPS) is 17.7. The molecule has 2 aliphatic rings. The number of nitrogens with one attached hydrogen (secondary N) is 2. The zero-order valence-corrected chi connectivity index (χ0v) is 17.5. The molecule has 9 nitrogen and oxygen atoms in total. The number of aromatic nitrogens is 2. The molecular weight excluding hydrogens is 396 g/mol. The molecule has 4 amide bonds. The minimum atomic E-state index is -0.873. The van der Waals surface area contributed by atoms with Crippen LogP contribution in [0.5, 0.6) is 0 Å². The topological polar surface area (TPSA) is 108 Å². The van der Waals surface area contributed by atoms with Gasteiger partial charge in [-0.1, -0.05) is 37.3 Å². The molecule has 2 aromatic rings. The lowest BCUT2D eigenvalue weighted by atomic mass is 9.87. The molecule has 4 rings (SSSR count). The molecule has 2 saturated heterocycles. The van der Waals surface area contributed by atoms with Crippen LogP contribution in [0.25, 0.3) is 0 Å². The van der Waals surface area contributed by atoms with E-state index in [4.69, 9.17) is 0 Å². The van der Waals surface area contributed by atoms with Crippen LogP contribution in [-0.2, 0) is 11.3 Å². The number of urea groups is 1. The van der Waals surface area contributed by atoms with Crippen molar-refractivity contribution < 1.29 is 14.4 Å². The number of benzene rings is 1. The van der Waals surface area contributed by atoms with Gasteiger partial charge in [0.1, 0.15) is 5.54 Å². The van der Waals surface area contributed by atoms with Crippen LogP contribution in [0, 0.1) is 0 Å². The van der Waals surface area contributed by atoms with Crippen LogP contribution in [0.2, 0.25) is 0 Å². The van der Waals surface area contributed by atoms with E-state index in [9.17, 15) is 14.4 Å². The Kier molecular flexibility index (Phi) is 5.83. The third-order valence-electron chi connectivity index (χ3n) is 5.77. The summed E-state index contributed by atoms with van der Waals surface area (Å²) in [7, 11) is 0. The minimum Gasteiger partial charge on any atom is -0.352 e. The summed E-state index contributed by atoms with van der Waals surface area (Å²) in [6.45, 7) is 3.93. The number of anilines is 1. The summed E-state index contributed by atoms with van der Waals surface area (Å²) in [6.07, 6.45) is 4.84. The molecule has 1 aromatic carbocycles. The van der Waals surface area contributed by atoms with Crippen molar-refractivity contribution in [3.63, 3.8) is 0 Å². The van der Waals surface area contributed by atoms with Crippen molar-refractivity contribution in [3.8, 4) is 0 Å². The van der Waals surface area contributed by atoms with Crippen molar-refractivity contribution in [1.29, 1.82) is 0 Å². The highest BCUT2D eigenvalue weighted by Crippen LogP contribution is 2.31. The van der Waals surface area contributed by atoms with Crippen molar-refractivity contribution >= 4 is 23.8 Å². The van der Waals surface area contributed by atoms with Gasteiger partial charge in [-0.2, -0.15) is 0 Å². The molecule has 2 fully saturated rings. The quantitative estimate of drug-likeness (QED) is 0.687. The smallest absolute Gasteiger partial charge is 0.325 e. The van der Waals surface area contributed by atoms with Gasteiger partial charge >= 0.3 is 6.03 Å². The molecule has 162 valence electrons. The summed E-state index contributed by atoms with van der Waals surface area (Å²) < 4.78 is 0. The fourth-order valence-electron chi connectivity index (χ4n) is 3.96. The molecule has 0 saturated carbocycles. The van der Waals surface area contributed by atoms with E-state index in [2.05, 4.69) is 20.6 Å². The average molecular weight is 422 g/mol. The Morgan fingerprint density at radius 3 is 2.45 bits per heavy atom. The first-order chi connectivity index (χ1) is 15.0. The Labute approximate surface area is 180 Å². The molecule has 9 heteroatoms. The molecule has 0 aliphatic carbocycles. The minimum absolute atomic E-state index is 0.176. The van der Waals surface area contributed by atoms with E-state index in [1.165, 1.54) is 17.3 Å². The maximum Gasteiger partial charge on any atom is 0.325 e. The van der Waals surface area contributed by atoms with Crippen LogP contribution in [0.15, 0.2) is 42.7 Å². The van der Waals surface area contributed by atoms with E-state index in [0.717, 1.165) is 12.0 Å². The molecule has 2 aliphatic heterocycles. The Morgan fingerprint density at radius 1 is 1.13 bits per heavy atom. The first-order valence-corrected chi connectivity index (χ1v) is 10.6. The van der Waals surface area contributed by atoms with Crippen molar-refractivity contribution in [2.75, 3.05) is 24.5 Å². The highest BCUT2D eigenvalue weighted by Gasteiger charge is 2.52. The molecule has 3 heterocycles. The zero-order valence-electron chi connectivity index (χ0n) is 17.5. The largest absolute Gasteiger partial charge is 0.352 e. The Hall–Kier alpha value is -3.49. The van der Waals surface area contributed by atoms with Gasteiger partial charge in [0.25, 0.3) is 11.8 Å². The molecule has 1 aromatic heterocycles. The van der Waals surface area contributed by atoms with Gasteiger partial charge in [-0.25, -0.2) is 14.8 Å². The number of hydrogen-bond donors (Lipinski definition) is 2. The molecule has 0 bridgehead atoms. The maximum absolute atomic E-state index is 13.1. The lowest BCUT2D eigenvalue weighted by Crippen LogP contribution is -2.55. The first kappa shape index (κ1) is 20.8. The van der Waals surface area contributed by atoms with Gasteiger partial charge in [-0.3, -0.25) is 14.5 Å². The molecule has 2 N–H and O–H groups in total. The summed E-state index contributed by atoms with van der Waals surface area (Å²) in [4.78, 5) is 49.5. The van der Waals surface area contributed by atoms with Gasteiger partial charge in [0.15, 0.2) is 0 Å². The van der Waals surface area contributed by atoms with E-state index in [0.29, 0.717) is 44.0 Å². The molecule has 0 radical (unpaired) electrons. The number of rotatable bonds is 6. The molecule has 0 unspecified atom stereocenters. The Bertz CT molecular complexity index is 955. The highest BCUT2D eigenvalue weighted by atomic mass is 16.2. The number of piperidine rings is 1. The van der Waals surface area contributed by atoms with E-state index in [-0.39, 0.29) is 24.4 Å². The standard InChI is InChI=1S/C22H26N6O3/c1-2-10-23-18(29)17-13-24-20(25-14-17)27-11-8-22(9-12-27)19(30)28(21(31)26-22)15-16-6-4-3-5-7-16/h3-7,13-14H,2,8-12,15H2,1H3,(H,23,29)(H,26,31). The second-order valence-corrected chi connectivity index (χ2v) is 7.90. The predicted octanol–water partition coefficient (Wildman–Crippen LogP) is 1.71. The van der Waals surface area contributed by atoms with Gasteiger partial charge in [-0.05, 0) is 24.8 Å². The fraction of sp³-hybridized carbons (Fsp3) is 0.409. The van der Waals surface area contributed by atoms with Gasteiger partial charge < -0.3 is 15.5 Å². The first-order valence-electron chi connectivity index (χ1n) is 10.6. The van der Waals surface area contributed by atoms with E-state index in [1.54, 1.807) is 0 Å². The number of carbonyl (C=O) groups is 3. The van der Waals surface area contributed by atoms with Crippen molar-refractivity contribution in [2.24, 2.45) is 0 Å². The van der Waals surface area contributed by atoms with Crippen LogP contribution in [0.3, 0.4) is 0 Å². The summed E-state index contributed by atoms with van der Waals surface area (Å²) >= 11 is 0. The third kappa shape index (κ3) is 4.21. The summed E-state index contributed by atoms with van der Waals surface area (Å²) in [6, 6.07) is 9.14. The maximum atomic E-state index is 13.1. The number of imide groups is 1. The van der Waals surface area contributed by atoms with E-state index < -0.39 is 5.54 Å². The Balaban J connectivity index is 1.38. The fourth-order valence-corrected chi connectivity index (χ4v) is 3.96. The zero-order chi connectivity index (χ0) is 21.8. The summed E-state index contributed by atoms with van der Waals surface area (Å²) in [5, 5.41) is 5.72. The second kappa shape index (κ2) is 8.71. The lowest BCUT2D eigenvalue weighted by molar-refractivity contribution is -0.132. The third-order valence-corrected chi connectivity index (χ3v) is 5.77. The van der Waals surface area contributed by atoms with Gasteiger partial charge in [0.05, 0.1) is 12.1 Å². The second-order valence-electron chi connectivity index (χ2n) is 7.90. The van der Waals surface area contributed by atoms with Crippen LogP contribution in [0.1, 0.15) is 42.1 Å². The molecular formula is C22H26N6O3. The van der Waals surface area contributed by atoms with Crippen molar-refractivity contribution in [1.82, 2.24) is 25.5 Å². The lowest BCUT2D eigenvalue weighted by Gasteiger charge is -2.37. The molecule has 31 heavy (non-hydrogen) atoms. The Morgan fingerprint density at radius 2 is 1.81 bits per heavy atom.